The van der Waals surface area contributed by atoms with Gasteiger partial charge in [-0.3, -0.25) is 0 Å². The van der Waals surface area contributed by atoms with E-state index in [1.807, 2.05) is 0 Å². The summed E-state index contributed by atoms with van der Waals surface area (Å²) in [5.74, 6) is 0. The Morgan fingerprint density at radius 1 is 0.308 bits per heavy atom. The van der Waals surface area contributed by atoms with E-state index < -0.39 is 0 Å². The van der Waals surface area contributed by atoms with Gasteiger partial charge >= 0.3 is 0 Å². The number of rotatable bonds is 6. The monoisotopic (exact) mass is 663 g/mol. The van der Waals surface area contributed by atoms with Gasteiger partial charge in [-0.1, -0.05) is 133 Å². The highest BCUT2D eigenvalue weighted by Gasteiger charge is 2.19. The van der Waals surface area contributed by atoms with Crippen LogP contribution < -0.4 is 4.90 Å². The molecule has 52 heavy (non-hydrogen) atoms. The van der Waals surface area contributed by atoms with Crippen LogP contribution in [0.5, 0.6) is 0 Å². The molecule has 0 bridgehead atoms. The van der Waals surface area contributed by atoms with Gasteiger partial charge in [0.25, 0.3) is 0 Å². The van der Waals surface area contributed by atoms with Gasteiger partial charge < -0.3 is 9.32 Å². The van der Waals surface area contributed by atoms with Gasteiger partial charge in [0.1, 0.15) is 11.2 Å². The Hall–Kier alpha value is -6.90. The zero-order chi connectivity index (χ0) is 34.4. The first-order valence-corrected chi connectivity index (χ1v) is 17.7. The van der Waals surface area contributed by atoms with Crippen LogP contribution in [0.3, 0.4) is 0 Å². The van der Waals surface area contributed by atoms with E-state index in [0.29, 0.717) is 0 Å². The van der Waals surface area contributed by atoms with E-state index in [-0.39, 0.29) is 0 Å². The summed E-state index contributed by atoms with van der Waals surface area (Å²) in [4.78, 5) is 2.37. The van der Waals surface area contributed by atoms with Crippen LogP contribution in [-0.2, 0) is 0 Å². The molecule has 0 aliphatic rings. The first-order chi connectivity index (χ1) is 25.7. The minimum absolute atomic E-state index is 0.899. The molecule has 10 rings (SSSR count). The fourth-order valence-corrected chi connectivity index (χ4v) is 7.58. The summed E-state index contributed by atoms with van der Waals surface area (Å²) in [5, 5.41) is 7.16. The van der Waals surface area contributed by atoms with Crippen molar-refractivity contribution in [2.45, 2.75) is 0 Å². The van der Waals surface area contributed by atoms with Crippen LogP contribution in [0.15, 0.2) is 205 Å². The molecule has 0 N–H and O–H groups in total. The third kappa shape index (κ3) is 5.30. The molecule has 9 aromatic carbocycles. The van der Waals surface area contributed by atoms with E-state index in [0.717, 1.165) is 61.3 Å². The highest BCUT2D eigenvalue weighted by molar-refractivity contribution is 6.11. The molecule has 2 nitrogen and oxygen atoms in total. The van der Waals surface area contributed by atoms with Crippen molar-refractivity contribution >= 4 is 60.5 Å². The third-order valence-electron chi connectivity index (χ3n) is 10.2. The fourth-order valence-electron chi connectivity index (χ4n) is 7.58. The number of nitrogens with zero attached hydrogens (tertiary/aromatic N) is 1. The second-order valence-electron chi connectivity index (χ2n) is 13.4. The predicted molar refractivity (Wildman–Crippen MR) is 220 cm³/mol. The standard InChI is InChI=1S/C50H33NO/c1-3-12-36(13-4-1)45-30-41(42-24-28-49-46(32-42)47-31-38-15-9-10-16-39(38)33-50(47)52-49)23-27-48(45)51(43-17-5-2-6-18-43)44-25-21-35(22-26-44)40-20-19-34-11-7-8-14-37(34)29-40/h1-33H. The lowest BCUT2D eigenvalue weighted by Crippen LogP contribution is -2.11. The molecule has 0 saturated carbocycles. The zero-order valence-corrected chi connectivity index (χ0v) is 28.4. The summed E-state index contributed by atoms with van der Waals surface area (Å²) in [6.07, 6.45) is 0. The normalized spacial score (nSPS) is 11.5. The van der Waals surface area contributed by atoms with E-state index in [9.17, 15) is 0 Å². The lowest BCUT2D eigenvalue weighted by molar-refractivity contribution is 0.669. The molecule has 244 valence electrons. The average Bonchev–Trinajstić information content (AvgIpc) is 3.57. The number of fused-ring (bicyclic) bond motifs is 5. The Morgan fingerprint density at radius 3 is 1.62 bits per heavy atom. The Kier molecular flexibility index (Phi) is 7.18. The van der Waals surface area contributed by atoms with E-state index in [1.54, 1.807) is 0 Å². The first kappa shape index (κ1) is 30.0. The van der Waals surface area contributed by atoms with Crippen molar-refractivity contribution in [3.8, 4) is 33.4 Å². The molecule has 2 heteroatoms. The van der Waals surface area contributed by atoms with Crippen LogP contribution >= 0.6 is 0 Å². The Bertz CT molecular complexity index is 2890. The van der Waals surface area contributed by atoms with Crippen LogP contribution in [0, 0.1) is 0 Å². The SMILES string of the molecule is c1ccc(-c2cc(-c3ccc4oc5cc6ccccc6cc5c4c3)ccc2N(c2ccccc2)c2ccc(-c3ccc4ccccc4c3)cc2)cc1. The molecule has 0 aliphatic heterocycles. The Labute approximate surface area is 302 Å². The van der Waals surface area contributed by atoms with Crippen molar-refractivity contribution in [3.63, 3.8) is 0 Å². The molecule has 0 spiro atoms. The van der Waals surface area contributed by atoms with Crippen molar-refractivity contribution in [1.82, 2.24) is 0 Å². The summed E-state index contributed by atoms with van der Waals surface area (Å²) in [7, 11) is 0. The summed E-state index contributed by atoms with van der Waals surface area (Å²) in [6, 6.07) is 71.8. The van der Waals surface area contributed by atoms with E-state index in [2.05, 4.69) is 205 Å². The topological polar surface area (TPSA) is 16.4 Å². The van der Waals surface area contributed by atoms with Crippen molar-refractivity contribution in [2.24, 2.45) is 0 Å². The molecule has 0 unspecified atom stereocenters. The molecule has 0 fully saturated rings. The van der Waals surface area contributed by atoms with Gasteiger partial charge in [-0.2, -0.15) is 0 Å². The van der Waals surface area contributed by atoms with Crippen molar-refractivity contribution in [3.05, 3.63) is 200 Å². The molecule has 0 radical (unpaired) electrons. The van der Waals surface area contributed by atoms with Crippen molar-refractivity contribution < 1.29 is 4.42 Å². The quantitative estimate of drug-likeness (QED) is 0.176. The second kappa shape index (κ2) is 12.5. The molecule has 0 atom stereocenters. The van der Waals surface area contributed by atoms with E-state index in [4.69, 9.17) is 4.42 Å². The van der Waals surface area contributed by atoms with Crippen LogP contribution in [0.25, 0.3) is 76.9 Å². The van der Waals surface area contributed by atoms with Crippen molar-refractivity contribution in [1.29, 1.82) is 0 Å². The number of hydrogen-bond acceptors (Lipinski definition) is 2. The van der Waals surface area contributed by atoms with Gasteiger partial charge in [0.15, 0.2) is 0 Å². The smallest absolute Gasteiger partial charge is 0.136 e. The highest BCUT2D eigenvalue weighted by Crippen LogP contribution is 2.44. The fraction of sp³-hybridized carbons (Fsp3) is 0. The lowest BCUT2D eigenvalue weighted by Gasteiger charge is -2.28. The van der Waals surface area contributed by atoms with Gasteiger partial charge in [0, 0.05) is 27.7 Å². The maximum Gasteiger partial charge on any atom is 0.136 e. The number of para-hydroxylation sites is 1. The highest BCUT2D eigenvalue weighted by atomic mass is 16.3. The maximum absolute atomic E-state index is 6.34. The summed E-state index contributed by atoms with van der Waals surface area (Å²) < 4.78 is 6.34. The molecule has 0 amide bonds. The molecular weight excluding hydrogens is 631 g/mol. The first-order valence-electron chi connectivity index (χ1n) is 17.7. The lowest BCUT2D eigenvalue weighted by atomic mass is 9.95. The minimum atomic E-state index is 0.899. The summed E-state index contributed by atoms with van der Waals surface area (Å²) in [6.45, 7) is 0. The Morgan fingerprint density at radius 2 is 0.846 bits per heavy atom. The third-order valence-corrected chi connectivity index (χ3v) is 10.2. The van der Waals surface area contributed by atoms with Gasteiger partial charge in [0.2, 0.25) is 0 Å². The van der Waals surface area contributed by atoms with Gasteiger partial charge in [0.05, 0.1) is 5.69 Å². The largest absolute Gasteiger partial charge is 0.456 e. The van der Waals surface area contributed by atoms with Crippen LogP contribution in [0.2, 0.25) is 0 Å². The molecule has 0 saturated heterocycles. The number of hydrogen-bond donors (Lipinski definition) is 0. The molecule has 1 aromatic heterocycles. The van der Waals surface area contributed by atoms with E-state index >= 15 is 0 Å². The van der Waals surface area contributed by atoms with E-state index in [1.165, 1.54) is 32.7 Å². The summed E-state index contributed by atoms with van der Waals surface area (Å²) >= 11 is 0. The number of benzene rings is 9. The summed E-state index contributed by atoms with van der Waals surface area (Å²) in [5.41, 5.74) is 12.1. The molecule has 1 heterocycles. The number of anilines is 3. The maximum atomic E-state index is 6.34. The van der Waals surface area contributed by atoms with Crippen LogP contribution in [0.4, 0.5) is 17.1 Å². The Balaban J connectivity index is 1.10. The second-order valence-corrected chi connectivity index (χ2v) is 13.4. The molecule has 0 aliphatic carbocycles. The number of furan rings is 1. The van der Waals surface area contributed by atoms with Gasteiger partial charge in [-0.05, 0) is 116 Å². The van der Waals surface area contributed by atoms with Crippen LogP contribution in [0.1, 0.15) is 0 Å². The average molecular weight is 664 g/mol. The molecule has 10 aromatic rings. The van der Waals surface area contributed by atoms with Crippen LogP contribution in [-0.4, -0.2) is 0 Å². The predicted octanol–water partition coefficient (Wildman–Crippen LogP) is 14.4. The zero-order valence-electron chi connectivity index (χ0n) is 28.4. The minimum Gasteiger partial charge on any atom is -0.456 e. The van der Waals surface area contributed by atoms with Crippen molar-refractivity contribution in [2.75, 3.05) is 4.90 Å². The molecular formula is C50H33NO. The van der Waals surface area contributed by atoms with Gasteiger partial charge in [-0.15, -0.1) is 0 Å². The van der Waals surface area contributed by atoms with Gasteiger partial charge in [-0.25, -0.2) is 0 Å².